The van der Waals surface area contributed by atoms with Gasteiger partial charge in [0.1, 0.15) is 24.7 Å². The van der Waals surface area contributed by atoms with E-state index in [4.69, 9.17) is 14.2 Å². The van der Waals surface area contributed by atoms with E-state index in [1.54, 1.807) is 6.07 Å². The molecular formula is C35H45NO5. The second-order valence-corrected chi connectivity index (χ2v) is 10.2. The lowest BCUT2D eigenvalue weighted by Crippen LogP contribution is -2.25. The van der Waals surface area contributed by atoms with Gasteiger partial charge < -0.3 is 19.5 Å². The summed E-state index contributed by atoms with van der Waals surface area (Å²) in [5, 5.41) is 3.07. The molecule has 1 amide bonds. The Hall–Kier alpha value is -3.80. The van der Waals surface area contributed by atoms with Crippen LogP contribution in [0.5, 0.6) is 11.5 Å². The highest BCUT2D eigenvalue weighted by atomic mass is 16.5. The topological polar surface area (TPSA) is 73.9 Å². The second-order valence-electron chi connectivity index (χ2n) is 10.2. The summed E-state index contributed by atoms with van der Waals surface area (Å²) in [4.78, 5) is 24.5. The quantitative estimate of drug-likeness (QED) is 0.112. The number of nitrogens with one attached hydrogen (secondary N) is 1. The summed E-state index contributed by atoms with van der Waals surface area (Å²) in [6, 6.07) is 25.3. The van der Waals surface area contributed by atoms with Crippen LogP contribution in [0.15, 0.2) is 78.9 Å². The Labute approximate surface area is 245 Å². The molecule has 0 saturated carbocycles. The summed E-state index contributed by atoms with van der Waals surface area (Å²) >= 11 is 0. The summed E-state index contributed by atoms with van der Waals surface area (Å²) in [5.74, 6) is 0.938. The average molecular weight is 560 g/mol. The number of benzene rings is 3. The van der Waals surface area contributed by atoms with Crippen molar-refractivity contribution < 1.29 is 23.8 Å². The molecule has 0 heterocycles. The maximum absolute atomic E-state index is 13.2. The van der Waals surface area contributed by atoms with E-state index < -0.39 is 0 Å². The first-order valence-electron chi connectivity index (χ1n) is 15.1. The molecule has 0 atom stereocenters. The smallest absolute Gasteiger partial charge is 0.305 e. The second kappa shape index (κ2) is 19.3. The van der Waals surface area contributed by atoms with E-state index in [0.717, 1.165) is 49.7 Å². The molecule has 0 saturated heterocycles. The van der Waals surface area contributed by atoms with Gasteiger partial charge in [-0.1, -0.05) is 106 Å². The molecule has 6 nitrogen and oxygen atoms in total. The van der Waals surface area contributed by atoms with Crippen LogP contribution in [0, 0.1) is 0 Å². The number of hydrogen-bond donors (Lipinski definition) is 1. The van der Waals surface area contributed by atoms with Crippen LogP contribution < -0.4 is 14.8 Å². The Morgan fingerprint density at radius 1 is 0.659 bits per heavy atom. The van der Waals surface area contributed by atoms with E-state index in [2.05, 4.69) is 5.32 Å². The van der Waals surface area contributed by atoms with Gasteiger partial charge in [-0.2, -0.15) is 0 Å². The largest absolute Gasteiger partial charge is 0.489 e. The molecule has 41 heavy (non-hydrogen) atoms. The summed E-state index contributed by atoms with van der Waals surface area (Å²) in [7, 11) is 0. The van der Waals surface area contributed by atoms with Crippen molar-refractivity contribution in [2.75, 3.05) is 13.2 Å². The molecule has 3 rings (SSSR count). The highest BCUT2D eigenvalue weighted by Crippen LogP contribution is 2.26. The van der Waals surface area contributed by atoms with Crippen molar-refractivity contribution in [1.82, 2.24) is 5.32 Å². The summed E-state index contributed by atoms with van der Waals surface area (Å²) < 4.78 is 17.0. The SMILES string of the molecule is CCOC(=O)CCCCCCCCCCCNC(=O)c1cc(OCc2ccccc2)ccc1OCc1ccccc1. The lowest BCUT2D eigenvalue weighted by molar-refractivity contribution is -0.143. The molecule has 0 aliphatic rings. The van der Waals surface area contributed by atoms with Crippen molar-refractivity contribution in [3.63, 3.8) is 0 Å². The van der Waals surface area contributed by atoms with Crippen LogP contribution in [-0.4, -0.2) is 25.0 Å². The third-order valence-electron chi connectivity index (χ3n) is 6.83. The molecule has 220 valence electrons. The summed E-state index contributed by atoms with van der Waals surface area (Å²) in [6.07, 6.45) is 10.5. The van der Waals surface area contributed by atoms with E-state index in [-0.39, 0.29) is 11.9 Å². The zero-order valence-electron chi connectivity index (χ0n) is 24.4. The van der Waals surface area contributed by atoms with E-state index in [1.807, 2.05) is 79.7 Å². The molecule has 0 aromatic heterocycles. The molecule has 3 aromatic rings. The number of hydrogen-bond acceptors (Lipinski definition) is 5. The fraction of sp³-hybridized carbons (Fsp3) is 0.429. The first kappa shape index (κ1) is 31.7. The minimum Gasteiger partial charge on any atom is -0.489 e. The predicted octanol–water partition coefficient (Wildman–Crippen LogP) is 8.04. The van der Waals surface area contributed by atoms with Crippen LogP contribution in [0.2, 0.25) is 0 Å². The number of rotatable bonds is 20. The van der Waals surface area contributed by atoms with Crippen molar-refractivity contribution in [2.24, 2.45) is 0 Å². The Balaban J connectivity index is 1.39. The molecule has 1 N–H and O–H groups in total. The third-order valence-corrected chi connectivity index (χ3v) is 6.83. The molecule has 0 spiro atoms. The Kier molecular flexibility index (Phi) is 14.9. The normalized spacial score (nSPS) is 10.7. The van der Waals surface area contributed by atoms with Crippen molar-refractivity contribution >= 4 is 11.9 Å². The van der Waals surface area contributed by atoms with Gasteiger partial charge >= 0.3 is 5.97 Å². The third kappa shape index (κ3) is 12.9. The van der Waals surface area contributed by atoms with Crippen LogP contribution in [0.3, 0.4) is 0 Å². The molecule has 0 fully saturated rings. The molecule has 0 radical (unpaired) electrons. The number of carbonyl (C=O) groups is 2. The van der Waals surface area contributed by atoms with Crippen LogP contribution in [0.4, 0.5) is 0 Å². The highest BCUT2D eigenvalue weighted by Gasteiger charge is 2.15. The molecule has 3 aromatic carbocycles. The highest BCUT2D eigenvalue weighted by molar-refractivity contribution is 5.97. The number of unbranched alkanes of at least 4 members (excludes halogenated alkanes) is 8. The summed E-state index contributed by atoms with van der Waals surface area (Å²) in [6.45, 7) is 3.74. The van der Waals surface area contributed by atoms with Gasteiger partial charge in [0.05, 0.1) is 12.2 Å². The molecule has 6 heteroatoms. The van der Waals surface area contributed by atoms with Crippen LogP contribution in [-0.2, 0) is 22.7 Å². The van der Waals surface area contributed by atoms with E-state index in [9.17, 15) is 9.59 Å². The van der Waals surface area contributed by atoms with Gasteiger partial charge in [0.25, 0.3) is 5.91 Å². The first-order valence-corrected chi connectivity index (χ1v) is 15.1. The van der Waals surface area contributed by atoms with Crippen molar-refractivity contribution in [2.45, 2.75) is 84.3 Å². The molecule has 0 bridgehead atoms. The molecular weight excluding hydrogens is 514 g/mol. The van der Waals surface area contributed by atoms with E-state index in [0.29, 0.717) is 49.8 Å². The standard InChI is InChI=1S/C35H45NO5/c1-2-39-34(37)22-16-8-6-4-3-5-7-9-17-25-36-35(38)32-26-31(40-27-29-18-12-10-13-19-29)23-24-33(32)41-28-30-20-14-11-15-21-30/h10-15,18-21,23-24,26H,2-9,16-17,22,25,27-28H2,1H3,(H,36,38). The minimum absolute atomic E-state index is 0.0837. The monoisotopic (exact) mass is 559 g/mol. The summed E-state index contributed by atoms with van der Waals surface area (Å²) in [5.41, 5.74) is 2.59. The molecule has 0 aliphatic heterocycles. The maximum Gasteiger partial charge on any atom is 0.305 e. The van der Waals surface area contributed by atoms with Crippen molar-refractivity contribution in [1.29, 1.82) is 0 Å². The van der Waals surface area contributed by atoms with Crippen molar-refractivity contribution in [3.05, 3.63) is 95.6 Å². The van der Waals surface area contributed by atoms with Crippen LogP contribution in [0.1, 0.15) is 92.6 Å². The van der Waals surface area contributed by atoms with Gasteiger partial charge in [0.15, 0.2) is 0 Å². The minimum atomic E-state index is -0.152. The maximum atomic E-state index is 13.2. The lowest BCUT2D eigenvalue weighted by atomic mass is 10.1. The first-order chi connectivity index (χ1) is 20.2. The predicted molar refractivity (Wildman–Crippen MR) is 163 cm³/mol. The number of amides is 1. The van der Waals surface area contributed by atoms with Gasteiger partial charge in [0.2, 0.25) is 0 Å². The fourth-order valence-corrected chi connectivity index (χ4v) is 4.54. The van der Waals surface area contributed by atoms with Gasteiger partial charge in [-0.3, -0.25) is 9.59 Å². The molecule has 0 aliphatic carbocycles. The van der Waals surface area contributed by atoms with Crippen LogP contribution >= 0.6 is 0 Å². The Morgan fingerprint density at radius 3 is 1.83 bits per heavy atom. The lowest BCUT2D eigenvalue weighted by Gasteiger charge is -2.14. The zero-order chi connectivity index (χ0) is 29.0. The zero-order valence-corrected chi connectivity index (χ0v) is 24.4. The van der Waals surface area contributed by atoms with Gasteiger partial charge in [-0.25, -0.2) is 0 Å². The average Bonchev–Trinajstić information content (AvgIpc) is 3.00. The van der Waals surface area contributed by atoms with E-state index in [1.165, 1.54) is 19.3 Å². The van der Waals surface area contributed by atoms with Crippen molar-refractivity contribution in [3.8, 4) is 11.5 Å². The van der Waals surface area contributed by atoms with Gasteiger partial charge in [-0.05, 0) is 49.1 Å². The number of carbonyl (C=O) groups excluding carboxylic acids is 2. The Bertz CT molecular complexity index is 1150. The van der Waals surface area contributed by atoms with Gasteiger partial charge in [-0.15, -0.1) is 0 Å². The van der Waals surface area contributed by atoms with Gasteiger partial charge in [0, 0.05) is 13.0 Å². The molecule has 0 unspecified atom stereocenters. The van der Waals surface area contributed by atoms with Crippen LogP contribution in [0.25, 0.3) is 0 Å². The Morgan fingerprint density at radius 2 is 1.22 bits per heavy atom. The number of ether oxygens (including phenoxy) is 3. The fourth-order valence-electron chi connectivity index (χ4n) is 4.54. The van der Waals surface area contributed by atoms with E-state index >= 15 is 0 Å². The number of esters is 1.